The van der Waals surface area contributed by atoms with Crippen molar-refractivity contribution in [1.82, 2.24) is 40.1 Å². The van der Waals surface area contributed by atoms with Crippen LogP contribution in [-0.4, -0.2) is 84.7 Å². The molecular weight excluding hydrogens is 637 g/mol. The molecule has 0 aliphatic carbocycles. The van der Waals surface area contributed by atoms with E-state index in [1.165, 1.54) is 11.8 Å². The second kappa shape index (κ2) is 13.7. The van der Waals surface area contributed by atoms with Crippen LogP contribution in [0.4, 0.5) is 18.0 Å². The molecular formula is C35H43F3N8O3. The number of aryl methyl sites for hydroxylation is 1. The summed E-state index contributed by atoms with van der Waals surface area (Å²) in [6, 6.07) is 12.4. The summed E-state index contributed by atoms with van der Waals surface area (Å²) in [6.45, 7) is 15.1. The summed E-state index contributed by atoms with van der Waals surface area (Å²) < 4.78 is 47.2. The molecule has 0 spiro atoms. The van der Waals surface area contributed by atoms with Crippen molar-refractivity contribution in [2.45, 2.75) is 78.7 Å². The van der Waals surface area contributed by atoms with Crippen LogP contribution in [-0.2, 0) is 23.2 Å². The number of amides is 2. The van der Waals surface area contributed by atoms with E-state index in [0.717, 1.165) is 61.4 Å². The molecule has 49 heavy (non-hydrogen) atoms. The number of hydrogen-bond acceptors (Lipinski definition) is 7. The minimum atomic E-state index is -4.52. The number of nitrogens with zero attached hydrogens (tertiary/aromatic N) is 6. The van der Waals surface area contributed by atoms with Crippen LogP contribution in [0.3, 0.4) is 0 Å². The van der Waals surface area contributed by atoms with Crippen LogP contribution in [0, 0.1) is 13.8 Å². The van der Waals surface area contributed by atoms with Gasteiger partial charge in [-0.2, -0.15) is 23.4 Å². The Morgan fingerprint density at radius 1 is 0.959 bits per heavy atom. The minimum Gasteiger partial charge on any atom is -0.444 e. The highest BCUT2D eigenvalue weighted by molar-refractivity contribution is 5.93. The maximum absolute atomic E-state index is 13.3. The average molecular weight is 681 g/mol. The Bertz CT molecular complexity index is 1800. The summed E-state index contributed by atoms with van der Waals surface area (Å²) in [6.07, 6.45) is -1.74. The first kappa shape index (κ1) is 35.6. The molecule has 262 valence electrons. The van der Waals surface area contributed by atoms with Gasteiger partial charge in [0.25, 0.3) is 5.91 Å². The van der Waals surface area contributed by atoms with Crippen molar-refractivity contribution in [2.75, 3.05) is 26.2 Å². The van der Waals surface area contributed by atoms with Gasteiger partial charge in [0, 0.05) is 38.9 Å². The number of rotatable bonds is 8. The summed E-state index contributed by atoms with van der Waals surface area (Å²) in [4.78, 5) is 33.3. The standard InChI is InChI=1S/C35H43F3N8O3/c1-22-8-13-27(46-21-26(18-40-46)30(47)39-19-28-41-31(43-42-28)34(6,7)35(36,37)38)23(2)29(22)25-11-9-24(10-12-25)20-44-14-16-45(17-15-44)32(48)49-33(3,4)5/h8-13,18,21H,14-17,19-20H2,1-7H3,(H,39,47)(H,41,42,43). The van der Waals surface area contributed by atoms with Gasteiger partial charge in [-0.3, -0.25) is 14.8 Å². The molecule has 2 N–H and O–H groups in total. The van der Waals surface area contributed by atoms with Crippen molar-refractivity contribution in [3.8, 4) is 16.8 Å². The molecule has 11 nitrogen and oxygen atoms in total. The molecule has 14 heteroatoms. The van der Waals surface area contributed by atoms with Crippen molar-refractivity contribution in [1.29, 1.82) is 0 Å². The molecule has 0 unspecified atom stereocenters. The quantitative estimate of drug-likeness (QED) is 0.231. The normalized spacial score (nSPS) is 14.6. The summed E-state index contributed by atoms with van der Waals surface area (Å²) in [7, 11) is 0. The fourth-order valence-corrected chi connectivity index (χ4v) is 5.60. The maximum Gasteiger partial charge on any atom is 0.410 e. The van der Waals surface area contributed by atoms with E-state index in [9.17, 15) is 22.8 Å². The highest BCUT2D eigenvalue weighted by atomic mass is 19.4. The van der Waals surface area contributed by atoms with E-state index in [1.807, 2.05) is 39.8 Å². The Morgan fingerprint density at radius 2 is 1.63 bits per heavy atom. The molecule has 3 heterocycles. The minimum absolute atomic E-state index is 0.110. The monoisotopic (exact) mass is 680 g/mol. The van der Waals surface area contributed by atoms with Gasteiger partial charge in [-0.15, -0.1) is 0 Å². The summed E-state index contributed by atoms with van der Waals surface area (Å²) in [5.41, 5.74) is 3.73. The lowest BCUT2D eigenvalue weighted by Gasteiger charge is -2.35. The predicted molar refractivity (Wildman–Crippen MR) is 178 cm³/mol. The van der Waals surface area contributed by atoms with Crippen molar-refractivity contribution < 1.29 is 27.5 Å². The fraction of sp³-hybridized carbons (Fsp3) is 0.457. The number of piperazine rings is 1. The zero-order valence-corrected chi connectivity index (χ0v) is 28.9. The molecule has 1 saturated heterocycles. The van der Waals surface area contributed by atoms with E-state index in [2.05, 4.69) is 61.7 Å². The Morgan fingerprint density at radius 3 is 2.27 bits per heavy atom. The van der Waals surface area contributed by atoms with E-state index < -0.39 is 28.9 Å². The fourth-order valence-electron chi connectivity index (χ4n) is 5.60. The Hall–Kier alpha value is -4.72. The van der Waals surface area contributed by atoms with E-state index in [-0.39, 0.29) is 24.0 Å². The first-order valence-electron chi connectivity index (χ1n) is 16.1. The Kier molecular flexibility index (Phi) is 9.91. The van der Waals surface area contributed by atoms with Gasteiger partial charge in [0.05, 0.1) is 24.0 Å². The zero-order chi connectivity index (χ0) is 35.7. The number of aromatic amines is 1. The third-order valence-electron chi connectivity index (χ3n) is 8.62. The van der Waals surface area contributed by atoms with E-state index in [4.69, 9.17) is 4.74 Å². The van der Waals surface area contributed by atoms with Crippen LogP contribution in [0.15, 0.2) is 48.8 Å². The number of hydrogen-bond donors (Lipinski definition) is 2. The molecule has 0 radical (unpaired) electrons. The molecule has 2 aromatic carbocycles. The highest BCUT2D eigenvalue weighted by Gasteiger charge is 2.51. The topological polar surface area (TPSA) is 121 Å². The van der Waals surface area contributed by atoms with Crippen LogP contribution >= 0.6 is 0 Å². The second-order valence-electron chi connectivity index (χ2n) is 13.9. The number of H-pyrrole nitrogens is 1. The molecule has 1 aliphatic rings. The number of carbonyl (C=O) groups excluding carboxylic acids is 2. The largest absolute Gasteiger partial charge is 0.444 e. The van der Waals surface area contributed by atoms with Crippen molar-refractivity contribution >= 4 is 12.0 Å². The molecule has 1 aliphatic heterocycles. The molecule has 2 aromatic heterocycles. The highest BCUT2D eigenvalue weighted by Crippen LogP contribution is 2.38. The SMILES string of the molecule is Cc1ccc(-n2cc(C(=O)NCc3nc(C(C)(C)C(F)(F)F)n[nH]3)cn2)c(C)c1-c1ccc(CN2CCN(C(=O)OC(C)(C)C)CC2)cc1. The summed E-state index contributed by atoms with van der Waals surface area (Å²) in [5.74, 6) is -0.738. The van der Waals surface area contributed by atoms with Gasteiger partial charge >= 0.3 is 12.3 Å². The second-order valence-corrected chi connectivity index (χ2v) is 13.9. The zero-order valence-electron chi connectivity index (χ0n) is 28.9. The van der Waals surface area contributed by atoms with Gasteiger partial charge in [0.1, 0.15) is 16.8 Å². The van der Waals surface area contributed by atoms with Gasteiger partial charge in [-0.25, -0.2) is 14.5 Å². The lowest BCUT2D eigenvalue weighted by molar-refractivity contribution is -0.182. The molecule has 5 rings (SSSR count). The molecule has 2 amide bonds. The first-order chi connectivity index (χ1) is 22.9. The first-order valence-corrected chi connectivity index (χ1v) is 16.1. The molecule has 0 saturated carbocycles. The van der Waals surface area contributed by atoms with Crippen LogP contribution in [0.1, 0.15) is 73.3 Å². The van der Waals surface area contributed by atoms with Gasteiger partial charge in [-0.05, 0) is 82.3 Å². The summed E-state index contributed by atoms with van der Waals surface area (Å²) >= 11 is 0. The van der Waals surface area contributed by atoms with E-state index in [0.29, 0.717) is 13.1 Å². The average Bonchev–Trinajstić information content (AvgIpc) is 3.71. The van der Waals surface area contributed by atoms with Gasteiger partial charge < -0.3 is 15.0 Å². The van der Waals surface area contributed by atoms with Crippen LogP contribution in [0.25, 0.3) is 16.8 Å². The molecule has 0 bridgehead atoms. The van der Waals surface area contributed by atoms with Crippen LogP contribution < -0.4 is 5.32 Å². The lowest BCUT2D eigenvalue weighted by atomic mass is 9.92. The maximum atomic E-state index is 13.3. The smallest absolute Gasteiger partial charge is 0.410 e. The molecule has 0 atom stereocenters. The molecule has 1 fully saturated rings. The number of halogens is 3. The van der Waals surface area contributed by atoms with Crippen molar-refractivity contribution in [2.24, 2.45) is 0 Å². The number of aromatic nitrogens is 5. The van der Waals surface area contributed by atoms with E-state index >= 15 is 0 Å². The van der Waals surface area contributed by atoms with Crippen LogP contribution in [0.2, 0.25) is 0 Å². The number of alkyl halides is 3. The number of benzene rings is 2. The Labute approximate surface area is 283 Å². The Balaban J connectivity index is 1.21. The number of nitrogens with one attached hydrogen (secondary N) is 2. The van der Waals surface area contributed by atoms with Gasteiger partial charge in [0.15, 0.2) is 5.82 Å². The lowest BCUT2D eigenvalue weighted by Crippen LogP contribution is -2.49. The van der Waals surface area contributed by atoms with Gasteiger partial charge in [-0.1, -0.05) is 30.3 Å². The third kappa shape index (κ3) is 8.12. The molecule has 4 aromatic rings. The van der Waals surface area contributed by atoms with E-state index in [1.54, 1.807) is 15.8 Å². The third-order valence-corrected chi connectivity index (χ3v) is 8.62. The predicted octanol–water partition coefficient (Wildman–Crippen LogP) is 6.10. The summed E-state index contributed by atoms with van der Waals surface area (Å²) in [5, 5.41) is 13.3. The van der Waals surface area contributed by atoms with Crippen molar-refractivity contribution in [3.05, 3.63) is 82.7 Å². The number of ether oxygens (including phenoxy) is 1. The number of carbonyl (C=O) groups is 2. The van der Waals surface area contributed by atoms with Gasteiger partial charge in [0.2, 0.25) is 0 Å². The van der Waals surface area contributed by atoms with Crippen molar-refractivity contribution in [3.63, 3.8) is 0 Å². The van der Waals surface area contributed by atoms with Crippen LogP contribution in [0.5, 0.6) is 0 Å².